The Bertz CT molecular complexity index is 996. The number of phosphoric acid groups is 2. The number of aliphatic hydroxyl groups excluding tert-OH is 2. The first-order chi connectivity index (χ1) is 13.8. The lowest BCUT2D eigenvalue weighted by molar-refractivity contribution is -0.700. The average molecular weight is 484 g/mol. The number of aromatic nitrogens is 3. The van der Waals surface area contributed by atoms with Crippen molar-refractivity contribution in [3.05, 3.63) is 33.2 Å². The van der Waals surface area contributed by atoms with Crippen LogP contribution in [-0.4, -0.2) is 43.2 Å². The fourth-order valence-corrected chi connectivity index (χ4v) is 5.30. The zero-order valence-corrected chi connectivity index (χ0v) is 18.6. The molecule has 0 fully saturated rings. The van der Waals surface area contributed by atoms with E-state index in [1.54, 1.807) is 24.6 Å². The first-order valence-corrected chi connectivity index (χ1v) is 12.2. The molecular formula is C14H22N4O9P2S. The third-order valence-corrected chi connectivity index (χ3v) is 7.49. The summed E-state index contributed by atoms with van der Waals surface area (Å²) in [6, 6.07) is 0. The van der Waals surface area contributed by atoms with Crippen molar-refractivity contribution in [2.75, 3.05) is 18.9 Å². The molecule has 2 rings (SSSR count). The maximum Gasteiger partial charge on any atom is 0.476 e. The molecule has 168 valence electrons. The largest absolute Gasteiger partial charge is 0.756 e. The molecule has 2 atom stereocenters. The summed E-state index contributed by atoms with van der Waals surface area (Å²) in [4.78, 5) is 37.4. The number of aryl methyl sites for hydroxylation is 1. The second-order valence-electron chi connectivity index (χ2n) is 6.16. The molecule has 13 nitrogen and oxygen atoms in total. The van der Waals surface area contributed by atoms with Gasteiger partial charge in [-0.15, -0.1) is 0 Å². The molecule has 0 bridgehead atoms. The molecule has 0 amide bonds. The number of hydrogen-bond donors (Lipinski definition) is 5. The normalized spacial score (nSPS) is 15.2. The Hall–Kier alpha value is -1.31. The molecule has 0 aromatic carbocycles. The van der Waals surface area contributed by atoms with Gasteiger partial charge in [-0.1, -0.05) is 11.3 Å². The van der Waals surface area contributed by atoms with Crippen LogP contribution in [0.4, 0.5) is 5.82 Å². The lowest BCUT2D eigenvalue weighted by Crippen LogP contribution is -2.41. The predicted octanol–water partition coefficient (Wildman–Crippen LogP) is -0.765. The summed E-state index contributed by atoms with van der Waals surface area (Å²) in [6.45, 7) is 2.61. The Labute approximate surface area is 175 Å². The van der Waals surface area contributed by atoms with Crippen LogP contribution in [0.2, 0.25) is 0 Å². The van der Waals surface area contributed by atoms with E-state index in [4.69, 9.17) is 15.5 Å². The summed E-state index contributed by atoms with van der Waals surface area (Å²) in [5.41, 5.74) is 7.15. The molecule has 0 saturated heterocycles. The predicted molar refractivity (Wildman–Crippen MR) is 102 cm³/mol. The first kappa shape index (κ1) is 25.0. The van der Waals surface area contributed by atoms with Gasteiger partial charge in [0.15, 0.2) is 18.3 Å². The summed E-state index contributed by atoms with van der Waals surface area (Å²) >= 11 is 1.12. The molecule has 16 heteroatoms. The van der Waals surface area contributed by atoms with Crippen LogP contribution < -0.4 is 15.2 Å². The van der Waals surface area contributed by atoms with Crippen molar-refractivity contribution in [2.45, 2.75) is 32.9 Å². The summed E-state index contributed by atoms with van der Waals surface area (Å²) in [5.74, 6) is 0.758. The van der Waals surface area contributed by atoms with Gasteiger partial charge in [0.2, 0.25) is 0 Å². The van der Waals surface area contributed by atoms with E-state index < -0.39 is 35.0 Å². The minimum atomic E-state index is -5.26. The third-order valence-electron chi connectivity index (χ3n) is 3.89. The molecule has 0 saturated carbocycles. The fourth-order valence-electron chi connectivity index (χ4n) is 2.53. The van der Waals surface area contributed by atoms with Crippen molar-refractivity contribution in [2.24, 2.45) is 0 Å². The topological polar surface area (TPSA) is 212 Å². The molecule has 0 radical (unpaired) electrons. The SMILES string of the molecule is Cc1ncc(C[n+]2c([C@H](O)CO)sc(CCOP(=O)([O-])OP(=O)(O)O)c2C)c(N)n1. The lowest BCUT2D eigenvalue weighted by Gasteiger charge is -2.22. The van der Waals surface area contributed by atoms with E-state index in [1.165, 1.54) is 0 Å². The second kappa shape index (κ2) is 9.88. The Morgan fingerprint density at radius 3 is 2.60 bits per heavy atom. The van der Waals surface area contributed by atoms with Crippen LogP contribution in [0.5, 0.6) is 0 Å². The van der Waals surface area contributed by atoms with Gasteiger partial charge in [-0.05, 0) is 6.92 Å². The average Bonchev–Trinajstić information content (AvgIpc) is 2.90. The molecule has 0 spiro atoms. The van der Waals surface area contributed by atoms with Crippen molar-refractivity contribution in [3.63, 3.8) is 0 Å². The quantitative estimate of drug-likeness (QED) is 0.208. The highest BCUT2D eigenvalue weighted by molar-refractivity contribution is 7.60. The number of phosphoric ester groups is 1. The van der Waals surface area contributed by atoms with Gasteiger partial charge in [0.25, 0.3) is 12.8 Å². The molecule has 0 aliphatic carbocycles. The van der Waals surface area contributed by atoms with Gasteiger partial charge in [-0.2, -0.15) is 4.57 Å². The van der Waals surface area contributed by atoms with E-state index in [9.17, 15) is 24.2 Å². The van der Waals surface area contributed by atoms with Gasteiger partial charge in [0, 0.05) is 19.5 Å². The molecule has 0 aliphatic rings. The molecule has 2 aromatic heterocycles. The number of anilines is 1. The summed E-state index contributed by atoms with van der Waals surface area (Å²) in [7, 11) is -10.5. The van der Waals surface area contributed by atoms with Crippen LogP contribution in [0.25, 0.3) is 0 Å². The fraction of sp³-hybridized carbons (Fsp3) is 0.500. The van der Waals surface area contributed by atoms with Crippen LogP contribution in [0, 0.1) is 13.8 Å². The van der Waals surface area contributed by atoms with Crippen LogP contribution in [-0.2, 0) is 30.9 Å². The smallest absolute Gasteiger partial charge is 0.476 e. The Balaban J connectivity index is 2.23. The van der Waals surface area contributed by atoms with Gasteiger partial charge >= 0.3 is 7.82 Å². The highest BCUT2D eigenvalue weighted by Gasteiger charge is 2.30. The molecule has 30 heavy (non-hydrogen) atoms. The van der Waals surface area contributed by atoms with Crippen LogP contribution in [0.1, 0.15) is 33.1 Å². The zero-order valence-electron chi connectivity index (χ0n) is 16.0. The van der Waals surface area contributed by atoms with Crippen LogP contribution in [0.3, 0.4) is 0 Å². The Morgan fingerprint density at radius 2 is 2.03 bits per heavy atom. The van der Waals surface area contributed by atoms with E-state index in [-0.39, 0.29) is 18.8 Å². The van der Waals surface area contributed by atoms with E-state index in [1.807, 2.05) is 0 Å². The number of rotatable bonds is 10. The van der Waals surface area contributed by atoms with E-state index in [0.29, 0.717) is 27.0 Å². The molecule has 1 unspecified atom stereocenters. The third kappa shape index (κ3) is 6.86. The second-order valence-corrected chi connectivity index (χ2v) is 10.1. The van der Waals surface area contributed by atoms with Crippen molar-refractivity contribution >= 4 is 32.8 Å². The number of aliphatic hydroxyl groups is 2. The number of nitrogens with two attached hydrogens (primary N) is 1. The zero-order chi connectivity index (χ0) is 22.7. The van der Waals surface area contributed by atoms with Gasteiger partial charge < -0.3 is 35.2 Å². The maximum atomic E-state index is 11.4. The van der Waals surface area contributed by atoms with Gasteiger partial charge in [0.05, 0.1) is 23.7 Å². The number of nitrogens with zero attached hydrogens (tertiary/aromatic N) is 3. The van der Waals surface area contributed by atoms with Crippen molar-refractivity contribution in [3.8, 4) is 0 Å². The van der Waals surface area contributed by atoms with Crippen molar-refractivity contribution in [1.82, 2.24) is 9.97 Å². The Morgan fingerprint density at radius 1 is 1.37 bits per heavy atom. The molecule has 0 aliphatic heterocycles. The molecule has 2 heterocycles. The minimum Gasteiger partial charge on any atom is -0.756 e. The Kier molecular flexibility index (Phi) is 8.22. The van der Waals surface area contributed by atoms with E-state index >= 15 is 0 Å². The van der Waals surface area contributed by atoms with Crippen molar-refractivity contribution in [1.29, 1.82) is 0 Å². The first-order valence-electron chi connectivity index (χ1n) is 8.44. The van der Waals surface area contributed by atoms with Gasteiger partial charge in [-0.3, -0.25) is 4.57 Å². The van der Waals surface area contributed by atoms with E-state index in [2.05, 4.69) is 18.8 Å². The highest BCUT2D eigenvalue weighted by atomic mass is 32.1. The number of nitrogen functional groups attached to an aromatic ring is 1. The molecule has 6 N–H and O–H groups in total. The molecular weight excluding hydrogens is 462 g/mol. The lowest BCUT2D eigenvalue weighted by atomic mass is 10.2. The maximum absolute atomic E-state index is 11.4. The standard InChI is InChI=1S/C14H22N4O9P2S/c1-8-12(3-4-26-29(24,25)27-28(21,22)23)30-14(11(20)7-19)18(8)6-10-5-16-9(2)17-13(10)15/h5,11,19-20H,3-4,6-7H2,1-2H3,(H4-,15,16,17,21,22,23,24,25)/t11-/m1/s1. The minimum absolute atomic E-state index is 0.0330. The number of hydrogen-bond acceptors (Lipinski definition) is 11. The van der Waals surface area contributed by atoms with Crippen LogP contribution in [0.15, 0.2) is 6.20 Å². The summed E-state index contributed by atoms with van der Waals surface area (Å²) < 4.78 is 31.9. The highest BCUT2D eigenvalue weighted by Crippen LogP contribution is 2.54. The molecule has 2 aromatic rings. The van der Waals surface area contributed by atoms with Gasteiger partial charge in [0.1, 0.15) is 11.6 Å². The van der Waals surface area contributed by atoms with Crippen LogP contribution >= 0.6 is 27.0 Å². The summed E-state index contributed by atoms with van der Waals surface area (Å²) in [6.07, 6.45) is 0.387. The summed E-state index contributed by atoms with van der Waals surface area (Å²) in [5, 5.41) is 19.9. The monoisotopic (exact) mass is 484 g/mol. The van der Waals surface area contributed by atoms with Crippen molar-refractivity contribution < 1.29 is 47.4 Å². The van der Waals surface area contributed by atoms with E-state index in [0.717, 1.165) is 11.3 Å². The van der Waals surface area contributed by atoms with Gasteiger partial charge in [-0.25, -0.2) is 18.8 Å². The number of thiazole rings is 1.